The van der Waals surface area contributed by atoms with Crippen LogP contribution in [0.1, 0.15) is 21.0 Å². The molecule has 0 fully saturated rings. The van der Waals surface area contributed by atoms with Crippen molar-refractivity contribution >= 4 is 53.4 Å². The standard InChI is InChI=1S/C10H8ClN3O.C10H9N3O2.Cl2OS/c1-14-9(10(11)15)5-8(13-14)7-3-2-4-12-6-7;1-13-9(10(14)15)5-8(12-13)7-3-2-4-11-6-7;1-4(2)3/h2-6H,1H3;2-6H,1H3,(H,14,15);. The van der Waals surface area contributed by atoms with Gasteiger partial charge >= 0.3 is 5.97 Å². The number of halogens is 3. The van der Waals surface area contributed by atoms with E-state index in [-0.39, 0.29) is 5.69 Å². The van der Waals surface area contributed by atoms with E-state index in [0.717, 1.165) is 11.1 Å². The number of aromatic nitrogens is 6. The molecule has 0 bridgehead atoms. The van der Waals surface area contributed by atoms with E-state index in [0.29, 0.717) is 17.1 Å². The Kier molecular flexibility index (Phi) is 10.3. The van der Waals surface area contributed by atoms with Crippen LogP contribution in [-0.4, -0.2) is 50.1 Å². The fourth-order valence-corrected chi connectivity index (χ4v) is 2.81. The number of hydrogen-bond donors (Lipinski definition) is 1. The van der Waals surface area contributed by atoms with Crippen LogP contribution in [0.3, 0.4) is 0 Å². The number of nitrogens with zero attached hydrogens (tertiary/aromatic N) is 6. The van der Waals surface area contributed by atoms with Crippen LogP contribution in [0.15, 0.2) is 61.2 Å². The van der Waals surface area contributed by atoms with Gasteiger partial charge in [-0.05, 0) is 48.0 Å². The SMILES string of the molecule is Cn1nc(-c2cccnc2)cc1C(=O)Cl.Cn1nc(-c2cccnc2)cc1C(=O)O.O=S(Cl)Cl. The first-order valence-corrected chi connectivity index (χ1v) is 12.3. The monoisotopic (exact) mass is 542 g/mol. The summed E-state index contributed by atoms with van der Waals surface area (Å²) in [6.07, 6.45) is 6.67. The molecule has 4 aromatic rings. The van der Waals surface area contributed by atoms with Crippen molar-refractivity contribution in [1.29, 1.82) is 0 Å². The highest BCUT2D eigenvalue weighted by Gasteiger charge is 2.13. The number of carboxylic acid groups (broad SMARTS) is 1. The first-order valence-electron chi connectivity index (χ1n) is 9.16. The molecular weight excluding hydrogens is 527 g/mol. The summed E-state index contributed by atoms with van der Waals surface area (Å²) < 4.78 is 11.9. The predicted octanol–water partition coefficient (Wildman–Crippen LogP) is 4.08. The van der Waals surface area contributed by atoms with E-state index < -0.39 is 20.4 Å². The molecule has 0 unspecified atom stereocenters. The topological polar surface area (TPSA) is 133 Å². The maximum Gasteiger partial charge on any atom is 0.354 e. The Balaban J connectivity index is 0.000000208. The predicted molar refractivity (Wildman–Crippen MR) is 130 cm³/mol. The number of pyridine rings is 2. The van der Waals surface area contributed by atoms with Gasteiger partial charge in [-0.3, -0.25) is 24.1 Å². The van der Waals surface area contributed by atoms with E-state index in [1.54, 1.807) is 51.0 Å². The molecule has 0 aliphatic rings. The van der Waals surface area contributed by atoms with Crippen molar-refractivity contribution < 1.29 is 18.9 Å². The van der Waals surface area contributed by atoms with Crippen LogP contribution in [0.4, 0.5) is 0 Å². The first kappa shape index (κ1) is 27.1. The van der Waals surface area contributed by atoms with Crippen LogP contribution in [0.25, 0.3) is 22.5 Å². The summed E-state index contributed by atoms with van der Waals surface area (Å²) in [5.74, 6) is -0.986. The van der Waals surface area contributed by atoms with Gasteiger partial charge in [0.2, 0.25) is 9.23 Å². The van der Waals surface area contributed by atoms with Gasteiger partial charge in [0.1, 0.15) is 11.4 Å². The number of carboxylic acids is 1. The van der Waals surface area contributed by atoms with Crippen molar-refractivity contribution in [2.75, 3.05) is 0 Å². The number of carbonyl (C=O) groups excluding carboxylic acids is 1. The second-order valence-electron chi connectivity index (χ2n) is 6.32. The van der Waals surface area contributed by atoms with E-state index in [9.17, 15) is 9.59 Å². The zero-order valence-electron chi connectivity index (χ0n) is 17.7. The molecule has 0 amide bonds. The van der Waals surface area contributed by atoms with Crippen LogP contribution < -0.4 is 0 Å². The van der Waals surface area contributed by atoms with Crippen LogP contribution in [0.5, 0.6) is 0 Å². The minimum Gasteiger partial charge on any atom is -0.477 e. The van der Waals surface area contributed by atoms with Crippen LogP contribution >= 0.6 is 33.0 Å². The van der Waals surface area contributed by atoms with Crippen molar-refractivity contribution in [3.05, 3.63) is 72.6 Å². The third-order valence-corrected chi connectivity index (χ3v) is 4.29. The summed E-state index contributed by atoms with van der Waals surface area (Å²) in [5.41, 5.74) is 3.50. The van der Waals surface area contributed by atoms with Gasteiger partial charge in [-0.1, -0.05) is 0 Å². The lowest BCUT2D eigenvalue weighted by Gasteiger charge is -1.93. The molecule has 0 spiro atoms. The molecule has 0 saturated carbocycles. The molecule has 0 aromatic carbocycles. The summed E-state index contributed by atoms with van der Waals surface area (Å²) in [6.45, 7) is 0. The van der Waals surface area contributed by atoms with Crippen molar-refractivity contribution in [3.63, 3.8) is 0 Å². The highest BCUT2D eigenvalue weighted by Crippen LogP contribution is 2.18. The first-order chi connectivity index (χ1) is 16.1. The molecule has 178 valence electrons. The minimum atomic E-state index is -1.67. The smallest absolute Gasteiger partial charge is 0.354 e. The molecular formula is C20H17Cl3N6O4S. The molecule has 10 nitrogen and oxygen atoms in total. The molecule has 34 heavy (non-hydrogen) atoms. The molecule has 0 radical (unpaired) electrons. The van der Waals surface area contributed by atoms with Crippen molar-refractivity contribution in [2.24, 2.45) is 14.1 Å². The second-order valence-corrected chi connectivity index (χ2v) is 9.19. The average Bonchev–Trinajstić information content (AvgIpc) is 3.38. The number of aryl methyl sites for hydroxylation is 2. The van der Waals surface area contributed by atoms with E-state index in [4.69, 9.17) is 20.9 Å². The van der Waals surface area contributed by atoms with Gasteiger partial charge in [-0.2, -0.15) is 10.2 Å². The van der Waals surface area contributed by atoms with Gasteiger partial charge < -0.3 is 5.11 Å². The van der Waals surface area contributed by atoms with Crippen LogP contribution in [0, 0.1) is 0 Å². The maximum absolute atomic E-state index is 11.0. The summed E-state index contributed by atoms with van der Waals surface area (Å²) >= 11 is 5.39. The van der Waals surface area contributed by atoms with Gasteiger partial charge in [-0.25, -0.2) is 9.00 Å². The normalized spacial score (nSPS) is 10.1. The summed E-state index contributed by atoms with van der Waals surface area (Å²) in [7, 11) is 10.6. The Labute approximate surface area is 210 Å². The van der Waals surface area contributed by atoms with E-state index >= 15 is 0 Å². The fraction of sp³-hybridized carbons (Fsp3) is 0.100. The highest BCUT2D eigenvalue weighted by molar-refractivity contribution is 8.26. The fourth-order valence-electron chi connectivity index (χ4n) is 2.63. The van der Waals surface area contributed by atoms with Gasteiger partial charge in [0.15, 0.2) is 0 Å². The van der Waals surface area contributed by atoms with Gasteiger partial charge in [0, 0.05) is 71.4 Å². The third kappa shape index (κ3) is 8.03. The van der Waals surface area contributed by atoms with Crippen LogP contribution in [-0.2, 0) is 23.3 Å². The van der Waals surface area contributed by atoms with E-state index in [1.165, 1.54) is 15.4 Å². The average molecular weight is 544 g/mol. The highest BCUT2D eigenvalue weighted by atomic mass is 36.0. The second kappa shape index (κ2) is 12.9. The van der Waals surface area contributed by atoms with Crippen molar-refractivity contribution in [1.82, 2.24) is 29.5 Å². The molecule has 0 saturated heterocycles. The molecule has 4 aromatic heterocycles. The Hall–Kier alpha value is -3.12. The quantitative estimate of drug-likeness (QED) is 0.381. The summed E-state index contributed by atoms with van der Waals surface area (Å²) in [4.78, 5) is 29.7. The Morgan fingerprint density at radius 1 is 0.882 bits per heavy atom. The zero-order valence-corrected chi connectivity index (χ0v) is 20.8. The molecule has 0 atom stereocenters. The molecule has 4 heterocycles. The van der Waals surface area contributed by atoms with Gasteiger partial charge in [0.05, 0.1) is 11.4 Å². The van der Waals surface area contributed by atoms with Crippen LogP contribution in [0.2, 0.25) is 0 Å². The maximum atomic E-state index is 11.0. The Bertz CT molecular complexity index is 1180. The number of aromatic carboxylic acids is 1. The van der Waals surface area contributed by atoms with Gasteiger partial charge in [0.25, 0.3) is 5.24 Å². The van der Waals surface area contributed by atoms with E-state index in [1.807, 2.05) is 18.2 Å². The number of carbonyl (C=O) groups is 2. The third-order valence-electron chi connectivity index (χ3n) is 4.09. The molecule has 0 aliphatic carbocycles. The lowest BCUT2D eigenvalue weighted by Crippen LogP contribution is -2.04. The molecule has 14 heteroatoms. The Morgan fingerprint density at radius 3 is 1.59 bits per heavy atom. The molecule has 1 N–H and O–H groups in total. The van der Waals surface area contributed by atoms with Crippen molar-refractivity contribution in [2.45, 2.75) is 0 Å². The summed E-state index contributed by atoms with van der Waals surface area (Å²) in [5, 5.41) is 16.6. The van der Waals surface area contributed by atoms with Crippen molar-refractivity contribution in [3.8, 4) is 22.5 Å². The van der Waals surface area contributed by atoms with E-state index in [2.05, 4.69) is 41.5 Å². The molecule has 0 aliphatic heterocycles. The molecule has 4 rings (SSSR count). The lowest BCUT2D eigenvalue weighted by atomic mass is 10.2. The van der Waals surface area contributed by atoms with Gasteiger partial charge in [-0.15, -0.1) is 0 Å². The minimum absolute atomic E-state index is 0.161. The largest absolute Gasteiger partial charge is 0.477 e. The lowest BCUT2D eigenvalue weighted by molar-refractivity contribution is 0.0684. The number of hydrogen-bond acceptors (Lipinski definition) is 7. The summed E-state index contributed by atoms with van der Waals surface area (Å²) in [6, 6.07) is 10.5. The zero-order chi connectivity index (χ0) is 25.3. The Morgan fingerprint density at radius 2 is 1.29 bits per heavy atom. The number of rotatable bonds is 4.